The van der Waals surface area contributed by atoms with E-state index in [4.69, 9.17) is 9.84 Å². The van der Waals surface area contributed by atoms with Crippen LogP contribution in [0, 0.1) is 13.8 Å². The quantitative estimate of drug-likeness (QED) is 0.465. The molecule has 2 N–H and O–H groups in total. The molecule has 10 heteroatoms. The first kappa shape index (κ1) is 24.4. The highest BCUT2D eigenvalue weighted by molar-refractivity contribution is 7.89. The minimum absolute atomic E-state index is 0.0302. The third-order valence-corrected chi connectivity index (χ3v) is 7.75. The van der Waals surface area contributed by atoms with Crippen molar-refractivity contribution in [3.63, 3.8) is 0 Å². The van der Waals surface area contributed by atoms with Gasteiger partial charge in [0.2, 0.25) is 20.0 Å². The van der Waals surface area contributed by atoms with Crippen LogP contribution in [-0.4, -0.2) is 65.7 Å². The van der Waals surface area contributed by atoms with Crippen LogP contribution in [0.3, 0.4) is 0 Å². The Morgan fingerprint density at radius 2 is 1.37 bits per heavy atom. The number of aliphatic hydroxyl groups is 1. The van der Waals surface area contributed by atoms with Gasteiger partial charge in [-0.05, 0) is 38.1 Å². The molecule has 0 amide bonds. The van der Waals surface area contributed by atoms with E-state index in [1.807, 2.05) is 13.8 Å². The first-order valence-corrected chi connectivity index (χ1v) is 12.4. The molecule has 8 nitrogen and oxygen atoms in total. The van der Waals surface area contributed by atoms with Crippen LogP contribution in [0.5, 0.6) is 0 Å². The number of rotatable bonds is 12. The fourth-order valence-electron chi connectivity index (χ4n) is 2.65. The normalized spacial score (nSPS) is 12.4. The molecule has 2 aromatic carbocycles. The van der Waals surface area contributed by atoms with Crippen LogP contribution < -0.4 is 4.72 Å². The molecule has 0 saturated carbocycles. The highest BCUT2D eigenvalue weighted by Gasteiger charge is 2.25. The number of nitrogens with zero attached hydrogens (tertiary/aromatic N) is 1. The van der Waals surface area contributed by atoms with Crippen molar-refractivity contribution in [1.29, 1.82) is 0 Å². The summed E-state index contributed by atoms with van der Waals surface area (Å²) < 4.78 is 59.7. The summed E-state index contributed by atoms with van der Waals surface area (Å²) in [6.07, 6.45) is 0. The van der Waals surface area contributed by atoms with Gasteiger partial charge in [-0.15, -0.1) is 0 Å². The average molecular weight is 457 g/mol. The van der Waals surface area contributed by atoms with Crippen LogP contribution in [0.25, 0.3) is 0 Å². The molecule has 0 heterocycles. The number of hydrogen-bond acceptors (Lipinski definition) is 6. The van der Waals surface area contributed by atoms with Gasteiger partial charge >= 0.3 is 0 Å². The maximum Gasteiger partial charge on any atom is 0.243 e. The molecule has 0 fully saturated rings. The van der Waals surface area contributed by atoms with Crippen molar-refractivity contribution < 1.29 is 26.7 Å². The second-order valence-corrected chi connectivity index (χ2v) is 10.5. The van der Waals surface area contributed by atoms with Gasteiger partial charge in [-0.1, -0.05) is 35.4 Å². The summed E-state index contributed by atoms with van der Waals surface area (Å²) >= 11 is 0. The summed E-state index contributed by atoms with van der Waals surface area (Å²) in [6, 6.07) is 12.8. The first-order valence-electron chi connectivity index (χ1n) is 9.48. The number of sulfonamides is 2. The molecule has 0 unspecified atom stereocenters. The number of aryl methyl sites for hydroxylation is 2. The molecule has 0 bridgehead atoms. The lowest BCUT2D eigenvalue weighted by Crippen LogP contribution is -2.40. The Labute approximate surface area is 178 Å². The molecule has 0 aliphatic carbocycles. The van der Waals surface area contributed by atoms with E-state index in [9.17, 15) is 16.8 Å². The first-order chi connectivity index (χ1) is 14.2. The van der Waals surface area contributed by atoms with E-state index in [1.54, 1.807) is 24.3 Å². The molecule has 2 rings (SSSR count). The molecule has 0 saturated heterocycles. The van der Waals surface area contributed by atoms with Gasteiger partial charge in [0.15, 0.2) is 0 Å². The average Bonchev–Trinajstić information content (AvgIpc) is 2.70. The van der Waals surface area contributed by atoms with Gasteiger partial charge in [-0.25, -0.2) is 21.6 Å². The standard InChI is InChI=1S/C20H28N2O6S2/c1-17-3-7-19(8-4-17)29(24,25)21-11-12-22(13-15-28-16-14-23)30(26,27)20-9-5-18(2)6-10-20/h3-10,21,23H,11-16H2,1-2H3. The Balaban J connectivity index is 2.10. The van der Waals surface area contributed by atoms with Gasteiger partial charge in [0.25, 0.3) is 0 Å². The number of hydrogen-bond donors (Lipinski definition) is 2. The van der Waals surface area contributed by atoms with Crippen LogP contribution in [0.4, 0.5) is 0 Å². The van der Waals surface area contributed by atoms with Crippen molar-refractivity contribution in [2.75, 3.05) is 39.5 Å². The summed E-state index contributed by atoms with van der Waals surface area (Å²) in [6.45, 7) is 3.59. The summed E-state index contributed by atoms with van der Waals surface area (Å²) in [7, 11) is -7.59. The molecule has 30 heavy (non-hydrogen) atoms. The van der Waals surface area contributed by atoms with Crippen LogP contribution in [0.15, 0.2) is 58.3 Å². The molecule has 166 valence electrons. The van der Waals surface area contributed by atoms with E-state index >= 15 is 0 Å². The predicted octanol–water partition coefficient (Wildman–Crippen LogP) is 1.28. The number of ether oxygens (including phenoxy) is 1. The minimum atomic E-state index is -3.84. The molecule has 0 atom stereocenters. The SMILES string of the molecule is Cc1ccc(S(=O)(=O)NCCN(CCOCCO)S(=O)(=O)c2ccc(C)cc2)cc1. The van der Waals surface area contributed by atoms with E-state index in [0.29, 0.717) is 0 Å². The third-order valence-electron chi connectivity index (χ3n) is 4.36. The van der Waals surface area contributed by atoms with Gasteiger partial charge in [0, 0.05) is 19.6 Å². The van der Waals surface area contributed by atoms with E-state index in [0.717, 1.165) is 11.1 Å². The minimum Gasteiger partial charge on any atom is -0.394 e. The molecule has 0 aliphatic rings. The highest BCUT2D eigenvalue weighted by Crippen LogP contribution is 2.16. The van der Waals surface area contributed by atoms with Gasteiger partial charge in [0.05, 0.1) is 29.6 Å². The van der Waals surface area contributed by atoms with Gasteiger partial charge in [0.1, 0.15) is 0 Å². The lowest BCUT2D eigenvalue weighted by Gasteiger charge is -2.22. The molecule has 0 aromatic heterocycles. The van der Waals surface area contributed by atoms with Crippen LogP contribution >= 0.6 is 0 Å². The fraction of sp³-hybridized carbons (Fsp3) is 0.400. The summed E-state index contributed by atoms with van der Waals surface area (Å²) in [5.41, 5.74) is 1.87. The summed E-state index contributed by atoms with van der Waals surface area (Å²) in [4.78, 5) is 0.240. The van der Waals surface area contributed by atoms with Crippen LogP contribution in [0.2, 0.25) is 0 Å². The number of benzene rings is 2. The smallest absolute Gasteiger partial charge is 0.243 e. The Kier molecular flexibility index (Phi) is 8.95. The monoisotopic (exact) mass is 456 g/mol. The zero-order valence-corrected chi connectivity index (χ0v) is 18.7. The molecular formula is C20H28N2O6S2. The number of aliphatic hydroxyl groups excluding tert-OH is 1. The third kappa shape index (κ3) is 6.86. The van der Waals surface area contributed by atoms with E-state index in [-0.39, 0.29) is 49.2 Å². The Morgan fingerprint density at radius 1 is 0.833 bits per heavy atom. The zero-order valence-electron chi connectivity index (χ0n) is 17.1. The molecule has 0 spiro atoms. The van der Waals surface area contributed by atoms with Gasteiger partial charge < -0.3 is 9.84 Å². The lowest BCUT2D eigenvalue weighted by molar-refractivity contribution is 0.0857. The van der Waals surface area contributed by atoms with Crippen molar-refractivity contribution in [3.8, 4) is 0 Å². The van der Waals surface area contributed by atoms with Crippen molar-refractivity contribution in [3.05, 3.63) is 59.7 Å². The van der Waals surface area contributed by atoms with Crippen LogP contribution in [0.1, 0.15) is 11.1 Å². The van der Waals surface area contributed by atoms with Crippen molar-refractivity contribution in [2.24, 2.45) is 0 Å². The van der Waals surface area contributed by atoms with Crippen molar-refractivity contribution in [1.82, 2.24) is 9.03 Å². The maximum absolute atomic E-state index is 13.0. The Bertz CT molecular complexity index is 1000. The van der Waals surface area contributed by atoms with Gasteiger partial charge in [-0.2, -0.15) is 4.31 Å². The second-order valence-electron chi connectivity index (χ2n) is 6.76. The molecule has 0 radical (unpaired) electrons. The molecular weight excluding hydrogens is 428 g/mol. The summed E-state index contributed by atoms with van der Waals surface area (Å²) in [5.74, 6) is 0. The lowest BCUT2D eigenvalue weighted by atomic mass is 10.2. The summed E-state index contributed by atoms with van der Waals surface area (Å²) in [5, 5.41) is 8.82. The second kappa shape index (κ2) is 11.0. The Hall–Kier alpha value is -1.82. The number of nitrogens with one attached hydrogen (secondary N) is 1. The van der Waals surface area contributed by atoms with Crippen molar-refractivity contribution >= 4 is 20.0 Å². The van der Waals surface area contributed by atoms with E-state index < -0.39 is 20.0 Å². The molecule has 0 aliphatic heterocycles. The fourth-order valence-corrected chi connectivity index (χ4v) is 5.10. The van der Waals surface area contributed by atoms with Crippen LogP contribution in [-0.2, 0) is 24.8 Å². The topological polar surface area (TPSA) is 113 Å². The van der Waals surface area contributed by atoms with E-state index in [2.05, 4.69) is 4.72 Å². The van der Waals surface area contributed by atoms with Crippen molar-refractivity contribution in [2.45, 2.75) is 23.6 Å². The van der Waals surface area contributed by atoms with Gasteiger partial charge in [-0.3, -0.25) is 0 Å². The largest absolute Gasteiger partial charge is 0.394 e. The zero-order chi connectivity index (χ0) is 22.2. The highest BCUT2D eigenvalue weighted by atomic mass is 32.2. The van der Waals surface area contributed by atoms with E-state index in [1.165, 1.54) is 28.6 Å². The molecule has 2 aromatic rings. The maximum atomic E-state index is 13.0. The predicted molar refractivity (Wildman–Crippen MR) is 114 cm³/mol. The Morgan fingerprint density at radius 3 is 1.90 bits per heavy atom.